The van der Waals surface area contributed by atoms with Crippen LogP contribution < -0.4 is 10.5 Å². The number of nitrogens with two attached hydrogens (primary N) is 1. The minimum Gasteiger partial charge on any atom is -0.475 e. The lowest BCUT2D eigenvalue weighted by atomic mass is 10.2. The maximum Gasteiger partial charge on any atom is 0.251 e. The van der Waals surface area contributed by atoms with E-state index < -0.39 is 5.91 Å². The summed E-state index contributed by atoms with van der Waals surface area (Å²) in [6.07, 6.45) is 4.64. The average molecular weight is 297 g/mol. The van der Waals surface area contributed by atoms with Crippen LogP contribution in [0.4, 0.5) is 0 Å². The second-order valence-corrected chi connectivity index (χ2v) is 5.06. The number of aromatic nitrogens is 4. The number of primary amides is 1. The Morgan fingerprint density at radius 3 is 2.91 bits per heavy atom. The van der Waals surface area contributed by atoms with E-state index in [0.717, 1.165) is 11.3 Å². The van der Waals surface area contributed by atoms with Crippen LogP contribution in [0.5, 0.6) is 5.88 Å². The summed E-state index contributed by atoms with van der Waals surface area (Å²) in [4.78, 5) is 19.7. The van der Waals surface area contributed by atoms with Crippen molar-refractivity contribution in [3.63, 3.8) is 0 Å². The fourth-order valence-electron chi connectivity index (χ4n) is 2.23. The number of carbonyl (C=O) groups excluding carboxylic acids is 1. The van der Waals surface area contributed by atoms with Crippen molar-refractivity contribution in [2.75, 3.05) is 0 Å². The third-order valence-electron chi connectivity index (χ3n) is 3.10. The van der Waals surface area contributed by atoms with E-state index in [9.17, 15) is 4.79 Å². The number of ether oxygens (including phenoxy) is 1. The first-order valence-corrected chi connectivity index (χ1v) is 6.81. The van der Waals surface area contributed by atoms with E-state index in [1.54, 1.807) is 29.0 Å². The van der Waals surface area contributed by atoms with Gasteiger partial charge in [0.15, 0.2) is 0 Å². The molecule has 0 saturated heterocycles. The zero-order valence-corrected chi connectivity index (χ0v) is 12.2. The summed E-state index contributed by atoms with van der Waals surface area (Å²) >= 11 is 0. The van der Waals surface area contributed by atoms with Gasteiger partial charge in [0.2, 0.25) is 5.88 Å². The van der Waals surface area contributed by atoms with Crippen molar-refractivity contribution in [3.05, 3.63) is 42.5 Å². The van der Waals surface area contributed by atoms with Crippen molar-refractivity contribution < 1.29 is 9.53 Å². The largest absolute Gasteiger partial charge is 0.475 e. The second-order valence-electron chi connectivity index (χ2n) is 5.06. The Bertz CT molecular complexity index is 841. The van der Waals surface area contributed by atoms with Crippen LogP contribution in [-0.2, 0) is 0 Å². The standard InChI is InChI=1S/C15H15N5O2/c1-9(2)22-14-5-10(3-4-18-14)12-6-11(15(16)21)13-7-17-8-19-20(12)13/h3-9H,1-2H3,(H2,16,21). The predicted octanol–water partition coefficient (Wildman–Crippen LogP) is 1.68. The SMILES string of the molecule is CC(C)Oc1cc(-c2cc(C(N)=O)c3cncnn23)ccn1. The minimum absolute atomic E-state index is 0.0234. The van der Waals surface area contributed by atoms with Crippen LogP contribution >= 0.6 is 0 Å². The molecule has 0 atom stereocenters. The van der Waals surface area contributed by atoms with Crippen molar-refractivity contribution >= 4 is 11.4 Å². The van der Waals surface area contributed by atoms with E-state index in [2.05, 4.69) is 15.1 Å². The number of hydrogen-bond donors (Lipinski definition) is 1. The van der Waals surface area contributed by atoms with Gasteiger partial charge in [0.1, 0.15) is 6.33 Å². The van der Waals surface area contributed by atoms with Gasteiger partial charge in [-0.3, -0.25) is 4.79 Å². The summed E-state index contributed by atoms with van der Waals surface area (Å²) in [5.41, 5.74) is 7.91. The van der Waals surface area contributed by atoms with Crippen molar-refractivity contribution in [1.29, 1.82) is 0 Å². The summed E-state index contributed by atoms with van der Waals surface area (Å²) in [5.74, 6) is -0.0107. The van der Waals surface area contributed by atoms with Crippen LogP contribution in [-0.4, -0.2) is 31.6 Å². The number of fused-ring (bicyclic) bond motifs is 1. The lowest BCUT2D eigenvalue weighted by Gasteiger charge is -2.09. The first-order valence-electron chi connectivity index (χ1n) is 6.81. The highest BCUT2D eigenvalue weighted by atomic mass is 16.5. The Balaban J connectivity index is 2.16. The van der Waals surface area contributed by atoms with Gasteiger partial charge in [-0.1, -0.05) is 0 Å². The van der Waals surface area contributed by atoms with E-state index >= 15 is 0 Å². The number of amides is 1. The quantitative estimate of drug-likeness (QED) is 0.790. The van der Waals surface area contributed by atoms with Gasteiger partial charge in [0.25, 0.3) is 5.91 Å². The molecule has 3 aromatic rings. The monoisotopic (exact) mass is 297 g/mol. The molecule has 0 saturated carbocycles. The minimum atomic E-state index is -0.522. The number of hydrogen-bond acceptors (Lipinski definition) is 5. The molecule has 3 aromatic heterocycles. The lowest BCUT2D eigenvalue weighted by Crippen LogP contribution is -2.10. The van der Waals surface area contributed by atoms with Crippen LogP contribution in [0, 0.1) is 0 Å². The third kappa shape index (κ3) is 2.48. The van der Waals surface area contributed by atoms with E-state index in [-0.39, 0.29) is 6.10 Å². The maximum absolute atomic E-state index is 11.6. The molecular formula is C15H15N5O2. The molecule has 0 bridgehead atoms. The fraction of sp³-hybridized carbons (Fsp3) is 0.200. The molecule has 3 heterocycles. The van der Waals surface area contributed by atoms with Crippen molar-refractivity contribution in [2.45, 2.75) is 20.0 Å². The summed E-state index contributed by atoms with van der Waals surface area (Å²) in [5, 5.41) is 4.19. The highest BCUT2D eigenvalue weighted by Gasteiger charge is 2.16. The Morgan fingerprint density at radius 1 is 1.36 bits per heavy atom. The summed E-state index contributed by atoms with van der Waals surface area (Å²) in [6, 6.07) is 5.32. The molecule has 3 rings (SSSR count). The molecule has 0 aromatic carbocycles. The van der Waals surface area contributed by atoms with Gasteiger partial charge >= 0.3 is 0 Å². The smallest absolute Gasteiger partial charge is 0.251 e. The molecule has 0 spiro atoms. The number of rotatable bonds is 4. The zero-order chi connectivity index (χ0) is 15.7. The summed E-state index contributed by atoms with van der Waals surface area (Å²) < 4.78 is 7.22. The molecule has 0 radical (unpaired) electrons. The predicted molar refractivity (Wildman–Crippen MR) is 80.5 cm³/mol. The van der Waals surface area contributed by atoms with Gasteiger partial charge in [0, 0.05) is 17.8 Å². The molecule has 2 N–H and O–H groups in total. The molecule has 0 aliphatic rings. The highest BCUT2D eigenvalue weighted by molar-refractivity contribution is 6.01. The van der Waals surface area contributed by atoms with Crippen molar-refractivity contribution in [3.8, 4) is 17.1 Å². The Labute approximate surface area is 126 Å². The van der Waals surface area contributed by atoms with E-state index in [1.165, 1.54) is 6.33 Å². The zero-order valence-electron chi connectivity index (χ0n) is 12.2. The van der Waals surface area contributed by atoms with Crippen molar-refractivity contribution in [2.24, 2.45) is 5.73 Å². The van der Waals surface area contributed by atoms with Crippen LogP contribution in [0.15, 0.2) is 36.9 Å². The molecule has 1 amide bonds. The molecule has 0 unspecified atom stereocenters. The molecule has 0 aliphatic carbocycles. The van der Waals surface area contributed by atoms with Gasteiger partial charge in [-0.25, -0.2) is 14.5 Å². The molecule has 0 fully saturated rings. The van der Waals surface area contributed by atoms with E-state index in [4.69, 9.17) is 10.5 Å². The topological polar surface area (TPSA) is 95.4 Å². The second kappa shape index (κ2) is 5.44. The molecule has 112 valence electrons. The molecule has 7 heteroatoms. The molecule has 22 heavy (non-hydrogen) atoms. The Kier molecular flexibility index (Phi) is 3.46. The fourth-order valence-corrected chi connectivity index (χ4v) is 2.23. The van der Waals surface area contributed by atoms with Crippen LogP contribution in [0.3, 0.4) is 0 Å². The van der Waals surface area contributed by atoms with E-state index in [1.807, 2.05) is 19.9 Å². The lowest BCUT2D eigenvalue weighted by molar-refractivity contribution is 0.100. The Morgan fingerprint density at radius 2 is 2.18 bits per heavy atom. The molecule has 0 aliphatic heterocycles. The maximum atomic E-state index is 11.6. The highest BCUT2D eigenvalue weighted by Crippen LogP contribution is 2.26. The third-order valence-corrected chi connectivity index (χ3v) is 3.10. The van der Waals surface area contributed by atoms with E-state index in [0.29, 0.717) is 17.0 Å². The van der Waals surface area contributed by atoms with Gasteiger partial charge in [-0.2, -0.15) is 5.10 Å². The first-order chi connectivity index (χ1) is 10.6. The Hall–Kier alpha value is -2.96. The van der Waals surface area contributed by atoms with Crippen LogP contribution in [0.25, 0.3) is 16.8 Å². The normalized spacial score (nSPS) is 11.0. The van der Waals surface area contributed by atoms with Gasteiger partial charge in [-0.05, 0) is 26.0 Å². The number of carbonyl (C=O) groups is 1. The number of pyridine rings is 1. The average Bonchev–Trinajstić information content (AvgIpc) is 2.86. The summed E-state index contributed by atoms with van der Waals surface area (Å²) in [7, 11) is 0. The number of nitrogens with zero attached hydrogens (tertiary/aromatic N) is 4. The van der Waals surface area contributed by atoms with Gasteiger partial charge in [-0.15, -0.1) is 0 Å². The van der Waals surface area contributed by atoms with Crippen LogP contribution in [0.1, 0.15) is 24.2 Å². The molecular weight excluding hydrogens is 282 g/mol. The van der Waals surface area contributed by atoms with Crippen molar-refractivity contribution in [1.82, 2.24) is 19.6 Å². The van der Waals surface area contributed by atoms with Crippen LogP contribution in [0.2, 0.25) is 0 Å². The summed E-state index contributed by atoms with van der Waals surface area (Å²) in [6.45, 7) is 3.86. The molecule has 7 nitrogen and oxygen atoms in total. The van der Waals surface area contributed by atoms with Gasteiger partial charge < -0.3 is 10.5 Å². The first kappa shape index (κ1) is 14.0. The van der Waals surface area contributed by atoms with Gasteiger partial charge in [0.05, 0.1) is 29.1 Å².